The summed E-state index contributed by atoms with van der Waals surface area (Å²) in [4.78, 5) is 12.3. The number of hydrogen-bond donors (Lipinski definition) is 2. The second-order valence-electron chi connectivity index (χ2n) is 6.17. The molecule has 0 saturated heterocycles. The van der Waals surface area contributed by atoms with Crippen LogP contribution < -0.4 is 10.6 Å². The van der Waals surface area contributed by atoms with Crippen LogP contribution in [0.5, 0.6) is 0 Å². The lowest BCUT2D eigenvalue weighted by Gasteiger charge is -2.26. The third-order valence-corrected chi connectivity index (χ3v) is 4.28. The first-order valence-corrected chi connectivity index (χ1v) is 8.31. The molecule has 0 aromatic heterocycles. The Labute approximate surface area is 128 Å². The summed E-state index contributed by atoms with van der Waals surface area (Å²) in [5, 5.41) is 6.50. The molecular formula is C18H28N2O. The van der Waals surface area contributed by atoms with Crippen molar-refractivity contribution < 1.29 is 4.79 Å². The van der Waals surface area contributed by atoms with Crippen molar-refractivity contribution in [1.82, 2.24) is 10.6 Å². The van der Waals surface area contributed by atoms with Gasteiger partial charge in [-0.1, -0.05) is 56.9 Å². The van der Waals surface area contributed by atoms with Crippen LogP contribution in [0, 0.1) is 0 Å². The van der Waals surface area contributed by atoms with Gasteiger partial charge >= 0.3 is 0 Å². The van der Waals surface area contributed by atoms with Crippen molar-refractivity contribution in [3.8, 4) is 0 Å². The molecule has 116 valence electrons. The van der Waals surface area contributed by atoms with E-state index in [2.05, 4.69) is 48.7 Å². The fraction of sp³-hybridized carbons (Fsp3) is 0.611. The minimum Gasteiger partial charge on any atom is -0.352 e. The molecular weight excluding hydrogens is 260 g/mol. The minimum atomic E-state index is -0.0852. The van der Waals surface area contributed by atoms with Crippen molar-refractivity contribution in [2.75, 3.05) is 0 Å². The minimum absolute atomic E-state index is 0.0852. The summed E-state index contributed by atoms with van der Waals surface area (Å²) in [6, 6.07) is 8.55. The summed E-state index contributed by atoms with van der Waals surface area (Å²) in [5.74, 6) is 0.146. The van der Waals surface area contributed by atoms with E-state index in [-0.39, 0.29) is 18.0 Å². The topological polar surface area (TPSA) is 41.1 Å². The lowest BCUT2D eigenvalue weighted by molar-refractivity contribution is -0.124. The second-order valence-corrected chi connectivity index (χ2v) is 6.17. The number of amides is 1. The van der Waals surface area contributed by atoms with Crippen LogP contribution in [-0.2, 0) is 17.8 Å². The molecule has 1 aromatic carbocycles. The second kappa shape index (κ2) is 8.18. The maximum absolute atomic E-state index is 12.3. The highest BCUT2D eigenvalue weighted by Crippen LogP contribution is 2.16. The molecule has 0 saturated carbocycles. The molecule has 0 aliphatic carbocycles. The van der Waals surface area contributed by atoms with Gasteiger partial charge in [0, 0.05) is 12.6 Å². The first-order chi connectivity index (χ1) is 10.2. The largest absolute Gasteiger partial charge is 0.352 e. The number of benzene rings is 1. The Balaban J connectivity index is 1.76. The van der Waals surface area contributed by atoms with Crippen molar-refractivity contribution in [2.45, 2.75) is 71.0 Å². The Morgan fingerprint density at radius 3 is 2.81 bits per heavy atom. The molecule has 0 radical (unpaired) electrons. The quantitative estimate of drug-likeness (QED) is 0.757. The van der Waals surface area contributed by atoms with Gasteiger partial charge in [0.1, 0.15) is 0 Å². The molecule has 1 aliphatic rings. The standard InChI is InChI=1S/C18H28N2O/c1-3-4-5-6-9-14(2)20-18(21)17-12-15-10-7-8-11-16(15)13-19-17/h7-8,10-11,14,17,19H,3-6,9,12-13H2,1-2H3,(H,20,21)/t14?,17-/m1/s1. The number of nitrogens with one attached hydrogen (secondary N) is 2. The van der Waals surface area contributed by atoms with Crippen LogP contribution in [0.1, 0.15) is 57.1 Å². The van der Waals surface area contributed by atoms with Crippen LogP contribution in [0.3, 0.4) is 0 Å². The first kappa shape index (κ1) is 16.0. The third kappa shape index (κ3) is 4.85. The molecule has 1 amide bonds. The average Bonchev–Trinajstić information content (AvgIpc) is 2.51. The normalized spacial score (nSPS) is 18.9. The lowest BCUT2D eigenvalue weighted by atomic mass is 9.95. The molecule has 1 unspecified atom stereocenters. The fourth-order valence-electron chi connectivity index (χ4n) is 2.93. The third-order valence-electron chi connectivity index (χ3n) is 4.28. The number of carbonyl (C=O) groups is 1. The first-order valence-electron chi connectivity index (χ1n) is 8.31. The van der Waals surface area contributed by atoms with Crippen LogP contribution in [0.4, 0.5) is 0 Å². The van der Waals surface area contributed by atoms with E-state index in [1.54, 1.807) is 0 Å². The van der Waals surface area contributed by atoms with Crippen molar-refractivity contribution in [3.05, 3.63) is 35.4 Å². The van der Waals surface area contributed by atoms with Gasteiger partial charge < -0.3 is 10.6 Å². The number of fused-ring (bicyclic) bond motifs is 1. The van der Waals surface area contributed by atoms with E-state index in [0.29, 0.717) is 0 Å². The molecule has 1 heterocycles. The highest BCUT2D eigenvalue weighted by Gasteiger charge is 2.24. The predicted octanol–water partition coefficient (Wildman–Crippen LogP) is 3.18. The van der Waals surface area contributed by atoms with E-state index in [0.717, 1.165) is 19.4 Å². The van der Waals surface area contributed by atoms with Crippen molar-refractivity contribution in [1.29, 1.82) is 0 Å². The molecule has 1 aromatic rings. The number of hydrogen-bond acceptors (Lipinski definition) is 2. The maximum Gasteiger partial charge on any atom is 0.237 e. The Morgan fingerprint density at radius 1 is 1.29 bits per heavy atom. The van der Waals surface area contributed by atoms with Crippen LogP contribution in [0.25, 0.3) is 0 Å². The summed E-state index contributed by atoms with van der Waals surface area (Å²) in [6.07, 6.45) is 6.90. The molecule has 2 N–H and O–H groups in total. The smallest absolute Gasteiger partial charge is 0.237 e. The van der Waals surface area contributed by atoms with Gasteiger partial charge in [-0.2, -0.15) is 0 Å². The summed E-state index contributed by atoms with van der Waals surface area (Å²) in [6.45, 7) is 5.12. The van der Waals surface area contributed by atoms with Crippen molar-refractivity contribution in [2.24, 2.45) is 0 Å². The van der Waals surface area contributed by atoms with Gasteiger partial charge in [-0.05, 0) is 30.9 Å². The number of unbranched alkanes of at least 4 members (excludes halogenated alkanes) is 3. The fourth-order valence-corrected chi connectivity index (χ4v) is 2.93. The monoisotopic (exact) mass is 288 g/mol. The molecule has 3 heteroatoms. The summed E-state index contributed by atoms with van der Waals surface area (Å²) < 4.78 is 0. The van der Waals surface area contributed by atoms with Gasteiger partial charge in [0.2, 0.25) is 5.91 Å². The molecule has 1 aliphatic heterocycles. The number of carbonyl (C=O) groups excluding carboxylic acids is 1. The zero-order valence-corrected chi connectivity index (χ0v) is 13.3. The van der Waals surface area contributed by atoms with Gasteiger partial charge in [-0.15, -0.1) is 0 Å². The van der Waals surface area contributed by atoms with Crippen molar-refractivity contribution >= 4 is 5.91 Å². The van der Waals surface area contributed by atoms with Gasteiger partial charge in [0.05, 0.1) is 6.04 Å². The van der Waals surface area contributed by atoms with Crippen molar-refractivity contribution in [3.63, 3.8) is 0 Å². The van der Waals surface area contributed by atoms with E-state index in [4.69, 9.17) is 0 Å². The van der Waals surface area contributed by atoms with Gasteiger partial charge in [0.25, 0.3) is 0 Å². The van der Waals surface area contributed by atoms with Crippen LogP contribution in [-0.4, -0.2) is 18.0 Å². The Kier molecular flexibility index (Phi) is 6.24. The SMILES string of the molecule is CCCCCCC(C)NC(=O)[C@H]1Cc2ccccc2CN1. The zero-order valence-electron chi connectivity index (χ0n) is 13.3. The number of rotatable bonds is 7. The lowest BCUT2D eigenvalue weighted by Crippen LogP contribution is -2.49. The molecule has 21 heavy (non-hydrogen) atoms. The van der Waals surface area contributed by atoms with E-state index in [1.807, 2.05) is 0 Å². The molecule has 2 rings (SSSR count). The molecule has 0 fully saturated rings. The Hall–Kier alpha value is -1.35. The highest BCUT2D eigenvalue weighted by molar-refractivity contribution is 5.82. The molecule has 3 nitrogen and oxygen atoms in total. The van der Waals surface area contributed by atoms with E-state index in [1.165, 1.54) is 36.8 Å². The molecule has 0 spiro atoms. The zero-order chi connectivity index (χ0) is 15.1. The van der Waals surface area contributed by atoms with Crippen LogP contribution in [0.2, 0.25) is 0 Å². The van der Waals surface area contributed by atoms with E-state index in [9.17, 15) is 4.79 Å². The molecule has 0 bridgehead atoms. The Morgan fingerprint density at radius 2 is 2.05 bits per heavy atom. The van der Waals surface area contributed by atoms with Crippen LogP contribution in [0.15, 0.2) is 24.3 Å². The highest BCUT2D eigenvalue weighted by atomic mass is 16.2. The summed E-state index contributed by atoms with van der Waals surface area (Å²) >= 11 is 0. The summed E-state index contributed by atoms with van der Waals surface area (Å²) in [7, 11) is 0. The maximum atomic E-state index is 12.3. The van der Waals surface area contributed by atoms with E-state index >= 15 is 0 Å². The van der Waals surface area contributed by atoms with Gasteiger partial charge in [0.15, 0.2) is 0 Å². The molecule has 2 atom stereocenters. The Bertz CT molecular complexity index is 458. The van der Waals surface area contributed by atoms with Crippen LogP contribution >= 0.6 is 0 Å². The summed E-state index contributed by atoms with van der Waals surface area (Å²) in [5.41, 5.74) is 2.61. The van der Waals surface area contributed by atoms with E-state index < -0.39 is 0 Å². The van der Waals surface area contributed by atoms with Gasteiger partial charge in [-0.3, -0.25) is 4.79 Å². The average molecular weight is 288 g/mol. The van der Waals surface area contributed by atoms with Gasteiger partial charge in [-0.25, -0.2) is 0 Å². The predicted molar refractivity (Wildman–Crippen MR) is 87.1 cm³/mol.